The van der Waals surface area contributed by atoms with Gasteiger partial charge in [-0.05, 0) is 12.8 Å². The van der Waals surface area contributed by atoms with Crippen LogP contribution in [0.2, 0.25) is 0 Å². The summed E-state index contributed by atoms with van der Waals surface area (Å²) in [5.74, 6) is 0.684. The Morgan fingerprint density at radius 3 is 3.00 bits per heavy atom. The molecule has 1 unspecified atom stereocenters. The first-order chi connectivity index (χ1) is 5.27. The van der Waals surface area contributed by atoms with Crippen LogP contribution in [0.3, 0.4) is 0 Å². The molecule has 0 bridgehead atoms. The van der Waals surface area contributed by atoms with Gasteiger partial charge in [0.05, 0.1) is 6.61 Å². The molecule has 0 N–H and O–H groups in total. The normalized spacial score (nSPS) is 31.7. The molecule has 0 aliphatic carbocycles. The summed E-state index contributed by atoms with van der Waals surface area (Å²) in [6.45, 7) is 4.18. The Labute approximate surface area is 71.6 Å². The number of hydrogen-bond donors (Lipinski definition) is 0. The maximum absolute atomic E-state index is 11.6. The van der Waals surface area contributed by atoms with Crippen molar-refractivity contribution < 1.29 is 9.84 Å². The molecular formula is C8H13O2S. The molecule has 0 amide bonds. The van der Waals surface area contributed by atoms with Crippen molar-refractivity contribution in [1.29, 1.82) is 0 Å². The molecule has 0 spiro atoms. The van der Waals surface area contributed by atoms with Gasteiger partial charge in [0, 0.05) is 12.2 Å². The first-order valence-electron chi connectivity index (χ1n) is 3.86. The van der Waals surface area contributed by atoms with Gasteiger partial charge in [-0.25, -0.2) is 0 Å². The minimum Gasteiger partial charge on any atom is -0.339 e. The molecule has 1 aliphatic heterocycles. The summed E-state index contributed by atoms with van der Waals surface area (Å²) in [7, 11) is 0. The Morgan fingerprint density at radius 2 is 2.45 bits per heavy atom. The predicted molar refractivity (Wildman–Crippen MR) is 45.9 cm³/mol. The van der Waals surface area contributed by atoms with Crippen LogP contribution in [-0.4, -0.2) is 17.5 Å². The van der Waals surface area contributed by atoms with E-state index in [2.05, 4.69) is 6.58 Å². The lowest BCUT2D eigenvalue weighted by molar-refractivity contribution is -0.190. The highest BCUT2D eigenvalue weighted by molar-refractivity contribution is 8.00. The van der Waals surface area contributed by atoms with Gasteiger partial charge < -0.3 is 4.74 Å². The van der Waals surface area contributed by atoms with Gasteiger partial charge >= 0.3 is 0 Å². The van der Waals surface area contributed by atoms with Crippen LogP contribution in [0, 0.1) is 0 Å². The Balaban J connectivity index is 2.30. The molecule has 1 radical (unpaired) electrons. The van der Waals surface area contributed by atoms with Crippen molar-refractivity contribution in [2.45, 2.75) is 24.4 Å². The third-order valence-electron chi connectivity index (χ3n) is 1.62. The van der Waals surface area contributed by atoms with Crippen molar-refractivity contribution in [3.8, 4) is 0 Å². The highest BCUT2D eigenvalue weighted by Crippen LogP contribution is 2.33. The summed E-state index contributed by atoms with van der Waals surface area (Å²) in [5.41, 5.74) is 0. The fourth-order valence-electron chi connectivity index (χ4n) is 1.04. The van der Waals surface area contributed by atoms with E-state index in [1.54, 1.807) is 6.08 Å². The highest BCUT2D eigenvalue weighted by atomic mass is 32.2. The second-order valence-corrected chi connectivity index (χ2v) is 3.83. The Morgan fingerprint density at radius 1 is 1.64 bits per heavy atom. The molecule has 1 aliphatic rings. The minimum atomic E-state index is -1.17. The van der Waals surface area contributed by atoms with Crippen LogP contribution in [0.25, 0.3) is 0 Å². The van der Waals surface area contributed by atoms with Gasteiger partial charge in [0.1, 0.15) is 0 Å². The van der Waals surface area contributed by atoms with E-state index in [9.17, 15) is 5.11 Å². The van der Waals surface area contributed by atoms with Crippen molar-refractivity contribution in [2.24, 2.45) is 0 Å². The zero-order valence-corrected chi connectivity index (χ0v) is 7.36. The smallest absolute Gasteiger partial charge is 0.250 e. The van der Waals surface area contributed by atoms with Crippen molar-refractivity contribution in [3.05, 3.63) is 12.7 Å². The van der Waals surface area contributed by atoms with Gasteiger partial charge in [-0.3, -0.25) is 0 Å². The van der Waals surface area contributed by atoms with Gasteiger partial charge in [0.2, 0.25) is 5.12 Å². The van der Waals surface area contributed by atoms with Crippen LogP contribution >= 0.6 is 11.8 Å². The van der Waals surface area contributed by atoms with Gasteiger partial charge in [-0.1, -0.05) is 17.8 Å². The molecule has 0 aromatic carbocycles. The SMILES string of the molecule is C=CCSC1([O])CCCCO1. The number of rotatable bonds is 3. The van der Waals surface area contributed by atoms with E-state index in [1.165, 1.54) is 11.8 Å². The van der Waals surface area contributed by atoms with E-state index in [-0.39, 0.29) is 0 Å². The summed E-state index contributed by atoms with van der Waals surface area (Å²) in [6.07, 6.45) is 4.39. The maximum Gasteiger partial charge on any atom is 0.250 e. The highest BCUT2D eigenvalue weighted by Gasteiger charge is 2.32. The molecule has 0 aromatic rings. The average Bonchev–Trinajstić information content (AvgIpc) is 2.03. The molecule has 0 aromatic heterocycles. The van der Waals surface area contributed by atoms with Crippen molar-refractivity contribution >= 4 is 11.8 Å². The molecule has 63 valence electrons. The van der Waals surface area contributed by atoms with E-state index in [4.69, 9.17) is 4.74 Å². The van der Waals surface area contributed by atoms with Gasteiger partial charge in [-0.15, -0.1) is 6.58 Å². The van der Waals surface area contributed by atoms with Crippen molar-refractivity contribution in [1.82, 2.24) is 0 Å². The predicted octanol–water partition coefficient (Wildman–Crippen LogP) is 2.19. The molecule has 1 saturated heterocycles. The van der Waals surface area contributed by atoms with Crippen LogP contribution in [-0.2, 0) is 9.84 Å². The molecule has 1 heterocycles. The number of ether oxygens (including phenoxy) is 1. The van der Waals surface area contributed by atoms with Crippen molar-refractivity contribution in [3.63, 3.8) is 0 Å². The Kier molecular flexibility index (Phi) is 3.43. The first kappa shape index (κ1) is 9.10. The fraction of sp³-hybridized carbons (Fsp3) is 0.750. The zero-order valence-electron chi connectivity index (χ0n) is 6.54. The van der Waals surface area contributed by atoms with Gasteiger partial charge in [0.15, 0.2) is 0 Å². The third kappa shape index (κ3) is 2.85. The van der Waals surface area contributed by atoms with E-state index in [0.717, 1.165) is 12.8 Å². The van der Waals surface area contributed by atoms with Crippen LogP contribution in [0.5, 0.6) is 0 Å². The van der Waals surface area contributed by atoms with Crippen LogP contribution < -0.4 is 0 Å². The quantitative estimate of drug-likeness (QED) is 0.483. The minimum absolute atomic E-state index is 0.619. The second-order valence-electron chi connectivity index (χ2n) is 2.59. The summed E-state index contributed by atoms with van der Waals surface area (Å²) >= 11 is 1.30. The van der Waals surface area contributed by atoms with E-state index in [0.29, 0.717) is 18.8 Å². The van der Waals surface area contributed by atoms with Crippen LogP contribution in [0.1, 0.15) is 19.3 Å². The molecular weight excluding hydrogens is 160 g/mol. The number of thioether (sulfide) groups is 1. The molecule has 0 saturated carbocycles. The molecule has 2 nitrogen and oxygen atoms in total. The Hall–Kier alpha value is 0.01000. The van der Waals surface area contributed by atoms with E-state index >= 15 is 0 Å². The monoisotopic (exact) mass is 173 g/mol. The fourth-order valence-corrected chi connectivity index (χ4v) is 1.87. The maximum atomic E-state index is 11.6. The molecule has 1 fully saturated rings. The van der Waals surface area contributed by atoms with Crippen molar-refractivity contribution in [2.75, 3.05) is 12.4 Å². The van der Waals surface area contributed by atoms with Crippen LogP contribution in [0.4, 0.5) is 0 Å². The Bertz CT molecular complexity index is 130. The summed E-state index contributed by atoms with van der Waals surface area (Å²) in [5, 5.41) is 10.4. The summed E-state index contributed by atoms with van der Waals surface area (Å²) in [6, 6.07) is 0. The third-order valence-corrected chi connectivity index (χ3v) is 2.78. The first-order valence-corrected chi connectivity index (χ1v) is 4.85. The lowest BCUT2D eigenvalue weighted by Gasteiger charge is -2.28. The topological polar surface area (TPSA) is 29.1 Å². The van der Waals surface area contributed by atoms with Gasteiger partial charge in [0.25, 0.3) is 0 Å². The zero-order chi connectivity index (χ0) is 8.16. The summed E-state index contributed by atoms with van der Waals surface area (Å²) < 4.78 is 5.13. The standard InChI is InChI=1S/C8H13O2S/c1-2-7-11-8(9)5-3-4-6-10-8/h2H,1,3-7H2. The van der Waals surface area contributed by atoms with Gasteiger partial charge in [-0.2, -0.15) is 5.11 Å². The van der Waals surface area contributed by atoms with E-state index < -0.39 is 5.12 Å². The number of hydrogen-bond acceptors (Lipinski definition) is 2. The van der Waals surface area contributed by atoms with Crippen LogP contribution in [0.15, 0.2) is 12.7 Å². The molecule has 1 atom stereocenters. The average molecular weight is 173 g/mol. The largest absolute Gasteiger partial charge is 0.339 e. The second kappa shape index (κ2) is 4.14. The molecule has 3 heteroatoms. The summed E-state index contributed by atoms with van der Waals surface area (Å²) in [4.78, 5) is 0. The molecule has 1 rings (SSSR count). The lowest BCUT2D eigenvalue weighted by Crippen LogP contribution is -2.31. The van der Waals surface area contributed by atoms with E-state index in [1.807, 2.05) is 0 Å². The molecule has 11 heavy (non-hydrogen) atoms. The lowest BCUT2D eigenvalue weighted by atomic mass is 10.2.